The molecule has 1 aromatic heterocycles. The van der Waals surface area contributed by atoms with E-state index in [1.54, 1.807) is 0 Å². The summed E-state index contributed by atoms with van der Waals surface area (Å²) in [6.07, 6.45) is 0.262. The minimum absolute atomic E-state index is 0. The van der Waals surface area contributed by atoms with Crippen LogP contribution in [0.4, 0.5) is 0 Å². The van der Waals surface area contributed by atoms with Crippen molar-refractivity contribution in [2.45, 2.75) is 39.3 Å². The first-order chi connectivity index (χ1) is 12.9. The van der Waals surface area contributed by atoms with E-state index in [9.17, 15) is 4.79 Å². The Balaban J connectivity index is 0.00000210. The molecule has 0 aliphatic rings. The molecule has 0 spiro atoms. The molecule has 0 saturated heterocycles. The van der Waals surface area contributed by atoms with Gasteiger partial charge in [-0.1, -0.05) is 42.5 Å². The van der Waals surface area contributed by atoms with Crippen LogP contribution in [-0.2, 0) is 4.79 Å². The number of aryl methyl sites for hydroxylation is 2. The van der Waals surface area contributed by atoms with E-state index in [4.69, 9.17) is 5.73 Å². The first-order valence-corrected chi connectivity index (χ1v) is 9.17. The molecule has 29 heavy (non-hydrogen) atoms. The number of amides is 1. The van der Waals surface area contributed by atoms with Crippen LogP contribution in [0.5, 0.6) is 0 Å². The molecule has 2 unspecified atom stereocenters. The Morgan fingerprint density at radius 1 is 1.03 bits per heavy atom. The summed E-state index contributed by atoms with van der Waals surface area (Å²) in [4.78, 5) is 12.3. The highest BCUT2D eigenvalue weighted by Gasteiger charge is 2.15. The lowest BCUT2D eigenvalue weighted by Crippen LogP contribution is -2.29. The summed E-state index contributed by atoms with van der Waals surface area (Å²) in [6.45, 7) is 5.99. The van der Waals surface area contributed by atoms with Crippen molar-refractivity contribution >= 4 is 30.7 Å². The van der Waals surface area contributed by atoms with Gasteiger partial charge in [0.15, 0.2) is 0 Å². The number of benzene rings is 2. The average Bonchev–Trinajstić information content (AvgIpc) is 3.00. The van der Waals surface area contributed by atoms with Gasteiger partial charge in [-0.25, -0.2) is 4.68 Å². The van der Waals surface area contributed by atoms with E-state index < -0.39 is 0 Å². The quantitative estimate of drug-likeness (QED) is 0.595. The minimum Gasteiger partial charge on any atom is -0.350 e. The molecule has 1 heterocycles. The standard InChI is InChI=1S/C22H26N4O.2ClH/c1-15-13-16(2)26(25-15)20-11-9-18(10-12-20)17(3)24-22(27)14-21(23)19-7-5-4-6-8-19;;/h4-13,17,21H,14,23H2,1-3H3,(H,24,27);2*1H. The molecule has 0 aliphatic heterocycles. The third-order valence-electron chi connectivity index (χ3n) is 4.66. The SMILES string of the molecule is Cc1cc(C)n(-c2ccc(C(C)NC(=O)CC(N)c3ccccc3)cc2)n1.Cl.Cl. The predicted molar refractivity (Wildman–Crippen MR) is 122 cm³/mol. The van der Waals surface area contributed by atoms with Crippen molar-refractivity contribution in [3.8, 4) is 5.69 Å². The molecule has 0 fully saturated rings. The fourth-order valence-electron chi connectivity index (χ4n) is 3.20. The number of nitrogens with zero attached hydrogens (tertiary/aromatic N) is 2. The Bertz CT molecular complexity index is 910. The summed E-state index contributed by atoms with van der Waals surface area (Å²) >= 11 is 0. The van der Waals surface area contributed by atoms with Gasteiger partial charge in [0, 0.05) is 18.2 Å². The predicted octanol–water partition coefficient (Wildman–Crippen LogP) is 4.60. The molecule has 5 nitrogen and oxygen atoms in total. The lowest BCUT2D eigenvalue weighted by atomic mass is 10.0. The van der Waals surface area contributed by atoms with Crippen LogP contribution >= 0.6 is 24.8 Å². The van der Waals surface area contributed by atoms with Crippen LogP contribution in [0, 0.1) is 13.8 Å². The lowest BCUT2D eigenvalue weighted by molar-refractivity contribution is -0.122. The number of nitrogens with two attached hydrogens (primary N) is 1. The molecular formula is C22H28Cl2N4O. The maximum atomic E-state index is 12.3. The highest BCUT2D eigenvalue weighted by atomic mass is 35.5. The Morgan fingerprint density at radius 3 is 2.21 bits per heavy atom. The van der Waals surface area contributed by atoms with Crippen LogP contribution in [0.25, 0.3) is 5.69 Å². The van der Waals surface area contributed by atoms with Gasteiger partial charge in [-0.2, -0.15) is 5.10 Å². The van der Waals surface area contributed by atoms with Crippen LogP contribution in [0.15, 0.2) is 60.7 Å². The topological polar surface area (TPSA) is 72.9 Å². The number of hydrogen-bond donors (Lipinski definition) is 2. The minimum atomic E-state index is -0.299. The van der Waals surface area contributed by atoms with Crippen LogP contribution in [0.3, 0.4) is 0 Å². The molecule has 0 aliphatic carbocycles. The number of aromatic nitrogens is 2. The van der Waals surface area contributed by atoms with Crippen molar-refractivity contribution < 1.29 is 4.79 Å². The van der Waals surface area contributed by atoms with Gasteiger partial charge in [0.05, 0.1) is 17.4 Å². The van der Waals surface area contributed by atoms with Crippen molar-refractivity contribution in [3.63, 3.8) is 0 Å². The second kappa shape index (κ2) is 11.0. The second-order valence-corrected chi connectivity index (χ2v) is 6.94. The van der Waals surface area contributed by atoms with Crippen LogP contribution in [0.1, 0.15) is 47.9 Å². The fraction of sp³-hybridized carbons (Fsp3) is 0.273. The summed E-state index contributed by atoms with van der Waals surface area (Å²) < 4.78 is 1.92. The number of halogens is 2. The van der Waals surface area contributed by atoms with E-state index >= 15 is 0 Å². The van der Waals surface area contributed by atoms with E-state index in [1.165, 1.54) is 0 Å². The van der Waals surface area contributed by atoms with E-state index in [1.807, 2.05) is 86.1 Å². The van der Waals surface area contributed by atoms with Crippen molar-refractivity contribution in [1.82, 2.24) is 15.1 Å². The highest BCUT2D eigenvalue weighted by molar-refractivity contribution is 5.85. The van der Waals surface area contributed by atoms with Crippen LogP contribution < -0.4 is 11.1 Å². The first kappa shape index (κ1) is 24.7. The molecule has 3 rings (SSSR count). The van der Waals surface area contributed by atoms with E-state index in [0.717, 1.165) is 28.2 Å². The van der Waals surface area contributed by atoms with E-state index in [0.29, 0.717) is 0 Å². The number of nitrogens with one attached hydrogen (secondary N) is 1. The Labute approximate surface area is 184 Å². The number of carbonyl (C=O) groups is 1. The average molecular weight is 435 g/mol. The number of rotatable bonds is 6. The monoisotopic (exact) mass is 434 g/mol. The molecule has 2 aromatic carbocycles. The van der Waals surface area contributed by atoms with E-state index in [2.05, 4.69) is 10.4 Å². The third-order valence-corrected chi connectivity index (χ3v) is 4.66. The Hall–Kier alpha value is -2.34. The van der Waals surface area contributed by atoms with Gasteiger partial charge < -0.3 is 11.1 Å². The van der Waals surface area contributed by atoms with Gasteiger partial charge >= 0.3 is 0 Å². The van der Waals surface area contributed by atoms with Gasteiger partial charge in [-0.15, -0.1) is 24.8 Å². The fourth-order valence-corrected chi connectivity index (χ4v) is 3.20. The third kappa shape index (κ3) is 6.32. The normalized spacial score (nSPS) is 12.3. The molecule has 3 aromatic rings. The summed E-state index contributed by atoms with van der Waals surface area (Å²) in [5.74, 6) is -0.0542. The van der Waals surface area contributed by atoms with Crippen molar-refractivity contribution in [2.75, 3.05) is 0 Å². The van der Waals surface area contributed by atoms with E-state index in [-0.39, 0.29) is 49.2 Å². The maximum Gasteiger partial charge on any atom is 0.222 e. The molecular weight excluding hydrogens is 407 g/mol. The number of hydrogen-bond acceptors (Lipinski definition) is 3. The second-order valence-electron chi connectivity index (χ2n) is 6.94. The highest BCUT2D eigenvalue weighted by Crippen LogP contribution is 2.18. The smallest absolute Gasteiger partial charge is 0.222 e. The van der Waals surface area contributed by atoms with Gasteiger partial charge in [-0.3, -0.25) is 4.79 Å². The zero-order valence-corrected chi connectivity index (χ0v) is 18.5. The van der Waals surface area contributed by atoms with Crippen LogP contribution in [-0.4, -0.2) is 15.7 Å². The molecule has 156 valence electrons. The summed E-state index contributed by atoms with van der Waals surface area (Å²) in [5.41, 5.74) is 11.2. The Morgan fingerprint density at radius 2 is 1.66 bits per heavy atom. The Kier molecular flexibility index (Phi) is 9.37. The first-order valence-electron chi connectivity index (χ1n) is 9.17. The van der Waals surface area contributed by atoms with Gasteiger partial charge in [0.1, 0.15) is 0 Å². The molecule has 1 amide bonds. The van der Waals surface area contributed by atoms with Crippen molar-refractivity contribution in [1.29, 1.82) is 0 Å². The molecule has 3 N–H and O–H groups in total. The van der Waals surface area contributed by atoms with Crippen molar-refractivity contribution in [2.24, 2.45) is 5.73 Å². The van der Waals surface area contributed by atoms with Crippen molar-refractivity contribution in [3.05, 3.63) is 83.2 Å². The summed E-state index contributed by atoms with van der Waals surface area (Å²) in [6, 6.07) is 19.4. The van der Waals surface area contributed by atoms with Gasteiger partial charge in [-0.05, 0) is 50.1 Å². The van der Waals surface area contributed by atoms with Gasteiger partial charge in [0.25, 0.3) is 0 Å². The summed E-state index contributed by atoms with van der Waals surface area (Å²) in [7, 11) is 0. The molecule has 7 heteroatoms. The zero-order valence-electron chi connectivity index (χ0n) is 16.8. The molecule has 0 bridgehead atoms. The maximum absolute atomic E-state index is 12.3. The number of carbonyl (C=O) groups excluding carboxylic acids is 1. The molecule has 0 saturated carbocycles. The largest absolute Gasteiger partial charge is 0.350 e. The lowest BCUT2D eigenvalue weighted by Gasteiger charge is -2.17. The summed E-state index contributed by atoms with van der Waals surface area (Å²) in [5, 5.41) is 7.53. The van der Waals surface area contributed by atoms with Crippen LogP contribution in [0.2, 0.25) is 0 Å². The molecule has 2 atom stereocenters. The zero-order chi connectivity index (χ0) is 19.4. The molecule has 0 radical (unpaired) electrons. The van der Waals surface area contributed by atoms with Gasteiger partial charge in [0.2, 0.25) is 5.91 Å².